The summed E-state index contributed by atoms with van der Waals surface area (Å²) in [5.74, 6) is 0.887. The maximum absolute atomic E-state index is 12.8. The molecule has 7 nitrogen and oxygen atoms in total. The van der Waals surface area contributed by atoms with E-state index >= 15 is 0 Å². The van der Waals surface area contributed by atoms with Gasteiger partial charge in [-0.15, -0.1) is 11.3 Å². The minimum absolute atomic E-state index is 0.235. The van der Waals surface area contributed by atoms with Crippen LogP contribution < -0.4 is 15.4 Å². The van der Waals surface area contributed by atoms with E-state index in [0.29, 0.717) is 23.7 Å². The van der Waals surface area contributed by atoms with Crippen molar-refractivity contribution in [2.24, 2.45) is 0 Å². The van der Waals surface area contributed by atoms with Gasteiger partial charge in [0, 0.05) is 29.5 Å². The van der Waals surface area contributed by atoms with Crippen LogP contribution in [0.25, 0.3) is 11.3 Å². The highest BCUT2D eigenvalue weighted by Gasteiger charge is 2.14. The first-order valence-corrected chi connectivity index (χ1v) is 10.1. The number of benzene rings is 1. The summed E-state index contributed by atoms with van der Waals surface area (Å²) in [6.45, 7) is 0.331. The molecule has 0 spiro atoms. The molecule has 0 saturated heterocycles. The number of anilines is 2. The Balaban J connectivity index is 1.46. The standard InChI is InChI=1S/C22H19N5O2S/c1-29-19-7-3-2-6-17(19)27-21-16(5-4-10-24-21)22(28)25-13-20-26-18(14-30-20)15-8-11-23-12-9-15/h2-12,14H,13H2,1H3,(H,24,27)(H,25,28). The van der Waals surface area contributed by atoms with Crippen LogP contribution >= 0.6 is 11.3 Å². The third-order valence-electron chi connectivity index (χ3n) is 4.34. The molecule has 30 heavy (non-hydrogen) atoms. The Hall–Kier alpha value is -3.78. The first kappa shape index (κ1) is 19.5. The van der Waals surface area contributed by atoms with E-state index in [1.807, 2.05) is 41.8 Å². The van der Waals surface area contributed by atoms with Crippen molar-refractivity contribution < 1.29 is 9.53 Å². The maximum atomic E-state index is 12.8. The SMILES string of the molecule is COc1ccccc1Nc1ncccc1C(=O)NCc1nc(-c2ccncc2)cs1. The van der Waals surface area contributed by atoms with Crippen molar-refractivity contribution in [3.63, 3.8) is 0 Å². The number of methoxy groups -OCH3 is 1. The number of nitrogens with zero attached hydrogens (tertiary/aromatic N) is 3. The molecule has 3 aromatic heterocycles. The van der Waals surface area contributed by atoms with E-state index < -0.39 is 0 Å². The van der Waals surface area contributed by atoms with Gasteiger partial charge in [0.15, 0.2) is 0 Å². The molecule has 1 aromatic carbocycles. The number of ether oxygens (including phenoxy) is 1. The lowest BCUT2D eigenvalue weighted by molar-refractivity contribution is 0.0951. The van der Waals surface area contributed by atoms with E-state index in [2.05, 4.69) is 25.6 Å². The molecule has 0 radical (unpaired) electrons. The van der Waals surface area contributed by atoms with Crippen molar-refractivity contribution in [2.75, 3.05) is 12.4 Å². The molecule has 0 atom stereocenters. The molecule has 150 valence electrons. The summed E-state index contributed by atoms with van der Waals surface area (Å²) in [5, 5.41) is 8.89. The van der Waals surface area contributed by atoms with Crippen molar-refractivity contribution in [3.8, 4) is 17.0 Å². The highest BCUT2D eigenvalue weighted by molar-refractivity contribution is 7.09. The Morgan fingerprint density at radius 3 is 2.73 bits per heavy atom. The van der Waals surface area contributed by atoms with Crippen LogP contribution in [0, 0.1) is 0 Å². The quantitative estimate of drug-likeness (QED) is 0.467. The smallest absolute Gasteiger partial charge is 0.255 e. The first-order valence-electron chi connectivity index (χ1n) is 9.22. The first-order chi connectivity index (χ1) is 14.7. The Morgan fingerprint density at radius 2 is 1.90 bits per heavy atom. The molecule has 0 saturated carbocycles. The number of thiazole rings is 1. The van der Waals surface area contributed by atoms with Crippen molar-refractivity contribution in [2.45, 2.75) is 6.54 Å². The number of nitrogens with one attached hydrogen (secondary N) is 2. The zero-order valence-electron chi connectivity index (χ0n) is 16.2. The van der Waals surface area contributed by atoms with Crippen molar-refractivity contribution in [1.29, 1.82) is 0 Å². The van der Waals surface area contributed by atoms with Gasteiger partial charge in [0.1, 0.15) is 16.6 Å². The van der Waals surface area contributed by atoms with Gasteiger partial charge in [0.05, 0.1) is 30.6 Å². The second-order valence-electron chi connectivity index (χ2n) is 6.27. The van der Waals surface area contributed by atoms with E-state index in [0.717, 1.165) is 22.0 Å². The van der Waals surface area contributed by atoms with E-state index in [1.54, 1.807) is 37.8 Å². The van der Waals surface area contributed by atoms with Gasteiger partial charge in [-0.3, -0.25) is 9.78 Å². The number of carbonyl (C=O) groups is 1. The third kappa shape index (κ3) is 4.44. The number of amides is 1. The molecule has 0 bridgehead atoms. The third-order valence-corrected chi connectivity index (χ3v) is 5.19. The summed E-state index contributed by atoms with van der Waals surface area (Å²) in [6, 6.07) is 14.7. The number of hydrogen-bond acceptors (Lipinski definition) is 7. The van der Waals surface area contributed by atoms with Crippen LogP contribution in [0.2, 0.25) is 0 Å². The second kappa shape index (κ2) is 9.15. The molecule has 0 aliphatic rings. The monoisotopic (exact) mass is 417 g/mol. The summed E-state index contributed by atoms with van der Waals surface area (Å²) < 4.78 is 5.36. The van der Waals surface area contributed by atoms with Crippen LogP contribution in [0.3, 0.4) is 0 Å². The Kier molecular flexibility index (Phi) is 5.95. The van der Waals surface area contributed by atoms with Gasteiger partial charge in [-0.1, -0.05) is 12.1 Å². The number of rotatable bonds is 7. The molecule has 8 heteroatoms. The summed E-state index contributed by atoms with van der Waals surface area (Å²) in [6.07, 6.45) is 5.10. The molecular weight excluding hydrogens is 398 g/mol. The highest BCUT2D eigenvalue weighted by atomic mass is 32.1. The lowest BCUT2D eigenvalue weighted by Gasteiger charge is -2.13. The molecule has 0 aliphatic carbocycles. The topological polar surface area (TPSA) is 89.0 Å². The van der Waals surface area contributed by atoms with Gasteiger partial charge >= 0.3 is 0 Å². The summed E-state index contributed by atoms with van der Waals surface area (Å²) in [7, 11) is 1.60. The van der Waals surface area contributed by atoms with Crippen LogP contribution in [0.15, 0.2) is 72.5 Å². The number of hydrogen-bond donors (Lipinski definition) is 2. The molecule has 0 fully saturated rings. The van der Waals surface area contributed by atoms with E-state index in [9.17, 15) is 4.79 Å². The van der Waals surface area contributed by atoms with E-state index in [-0.39, 0.29) is 5.91 Å². The normalized spacial score (nSPS) is 10.4. The van der Waals surface area contributed by atoms with Crippen molar-refractivity contribution >= 4 is 28.7 Å². The number of para-hydroxylation sites is 2. The minimum atomic E-state index is -0.235. The zero-order chi connectivity index (χ0) is 20.8. The fourth-order valence-corrected chi connectivity index (χ4v) is 3.61. The number of carbonyl (C=O) groups excluding carboxylic acids is 1. The fraction of sp³-hybridized carbons (Fsp3) is 0.0909. The lowest BCUT2D eigenvalue weighted by atomic mass is 10.2. The van der Waals surface area contributed by atoms with Gasteiger partial charge in [0.25, 0.3) is 5.91 Å². The van der Waals surface area contributed by atoms with Crippen molar-refractivity contribution in [3.05, 3.63) is 83.1 Å². The van der Waals surface area contributed by atoms with Gasteiger partial charge in [0.2, 0.25) is 0 Å². The minimum Gasteiger partial charge on any atom is -0.495 e. The second-order valence-corrected chi connectivity index (χ2v) is 7.21. The van der Waals surface area contributed by atoms with Crippen LogP contribution in [-0.2, 0) is 6.54 Å². The Morgan fingerprint density at radius 1 is 1.07 bits per heavy atom. The average Bonchev–Trinajstić information content (AvgIpc) is 3.28. The zero-order valence-corrected chi connectivity index (χ0v) is 17.0. The molecule has 1 amide bonds. The molecule has 4 rings (SSSR count). The van der Waals surface area contributed by atoms with E-state index in [4.69, 9.17) is 4.74 Å². The molecular formula is C22H19N5O2S. The van der Waals surface area contributed by atoms with Crippen LogP contribution in [0.4, 0.5) is 11.5 Å². The Labute approximate surface area is 177 Å². The molecule has 3 heterocycles. The predicted molar refractivity (Wildman–Crippen MR) is 117 cm³/mol. The van der Waals surface area contributed by atoms with Crippen molar-refractivity contribution in [1.82, 2.24) is 20.3 Å². The molecule has 2 N–H and O–H groups in total. The predicted octanol–water partition coefficient (Wildman–Crippen LogP) is 4.28. The highest BCUT2D eigenvalue weighted by Crippen LogP contribution is 2.27. The van der Waals surface area contributed by atoms with Gasteiger partial charge in [-0.2, -0.15) is 0 Å². The maximum Gasteiger partial charge on any atom is 0.255 e. The fourth-order valence-electron chi connectivity index (χ4n) is 2.86. The van der Waals surface area contributed by atoms with Gasteiger partial charge in [-0.05, 0) is 36.4 Å². The lowest BCUT2D eigenvalue weighted by Crippen LogP contribution is -2.24. The summed E-state index contributed by atoms with van der Waals surface area (Å²) in [4.78, 5) is 25.7. The summed E-state index contributed by atoms with van der Waals surface area (Å²) in [5.41, 5.74) is 3.03. The van der Waals surface area contributed by atoms with Crippen LogP contribution in [-0.4, -0.2) is 28.0 Å². The van der Waals surface area contributed by atoms with E-state index in [1.165, 1.54) is 11.3 Å². The molecule has 0 aliphatic heterocycles. The van der Waals surface area contributed by atoms with Gasteiger partial charge < -0.3 is 15.4 Å². The van der Waals surface area contributed by atoms with Crippen LogP contribution in [0.5, 0.6) is 5.75 Å². The van der Waals surface area contributed by atoms with Crippen LogP contribution in [0.1, 0.15) is 15.4 Å². The Bertz CT molecular complexity index is 1150. The van der Waals surface area contributed by atoms with Gasteiger partial charge in [-0.25, -0.2) is 9.97 Å². The number of pyridine rings is 2. The molecule has 4 aromatic rings. The average molecular weight is 417 g/mol. The number of aromatic nitrogens is 3. The summed E-state index contributed by atoms with van der Waals surface area (Å²) >= 11 is 1.50. The largest absolute Gasteiger partial charge is 0.495 e. The molecule has 0 unspecified atom stereocenters.